The molecule has 0 saturated carbocycles. The number of benzene rings is 1. The van der Waals surface area contributed by atoms with E-state index in [9.17, 15) is 8.78 Å². The van der Waals surface area contributed by atoms with Crippen LogP contribution in [0.1, 0.15) is 30.3 Å². The number of hydrogen-bond donors (Lipinski definition) is 1. The molecule has 2 aromatic rings. The monoisotopic (exact) mass is 264 g/mol. The van der Waals surface area contributed by atoms with E-state index in [1.54, 1.807) is 4.57 Å². The lowest BCUT2D eigenvalue weighted by Crippen LogP contribution is -2.18. The third-order valence-electron chi connectivity index (χ3n) is 3.41. The minimum atomic E-state index is -0.543. The molecule has 6 heteroatoms. The first-order valence-electron chi connectivity index (χ1n) is 6.29. The van der Waals surface area contributed by atoms with Gasteiger partial charge in [-0.3, -0.25) is 0 Å². The van der Waals surface area contributed by atoms with Crippen molar-refractivity contribution < 1.29 is 8.78 Å². The van der Waals surface area contributed by atoms with Gasteiger partial charge in [-0.1, -0.05) is 6.07 Å². The average molecular weight is 264 g/mol. The molecule has 1 unspecified atom stereocenters. The lowest BCUT2D eigenvalue weighted by molar-refractivity contribution is 0.522. The number of hydrogen-bond acceptors (Lipinski definition) is 3. The van der Waals surface area contributed by atoms with Crippen LogP contribution in [0.2, 0.25) is 0 Å². The van der Waals surface area contributed by atoms with Gasteiger partial charge in [0.05, 0.1) is 12.6 Å². The normalized spacial score (nSPS) is 18.9. The molecule has 0 radical (unpaired) electrons. The van der Waals surface area contributed by atoms with E-state index in [0.717, 1.165) is 25.2 Å². The Labute approximate surface area is 109 Å². The van der Waals surface area contributed by atoms with Crippen LogP contribution in [0.15, 0.2) is 24.5 Å². The highest BCUT2D eigenvalue weighted by Gasteiger charge is 2.22. The molecule has 3 rings (SSSR count). The third kappa shape index (κ3) is 2.35. The van der Waals surface area contributed by atoms with Gasteiger partial charge in [-0.25, -0.2) is 8.78 Å². The van der Waals surface area contributed by atoms with Crippen LogP contribution in [0.4, 0.5) is 8.78 Å². The van der Waals surface area contributed by atoms with E-state index in [1.165, 1.54) is 24.5 Å². The summed E-state index contributed by atoms with van der Waals surface area (Å²) < 4.78 is 29.0. The second kappa shape index (κ2) is 5.05. The molecule has 1 N–H and O–H groups in total. The maximum Gasteiger partial charge on any atom is 0.150 e. The van der Waals surface area contributed by atoms with Gasteiger partial charge in [0.25, 0.3) is 0 Å². The van der Waals surface area contributed by atoms with Crippen molar-refractivity contribution in [3.05, 3.63) is 47.5 Å². The molecular formula is C13H14F2N4. The summed E-state index contributed by atoms with van der Waals surface area (Å²) in [6.07, 6.45) is 3.56. The van der Waals surface area contributed by atoms with Crippen LogP contribution in [-0.2, 0) is 6.54 Å². The van der Waals surface area contributed by atoms with Crippen LogP contribution in [0.3, 0.4) is 0 Å². The average Bonchev–Trinajstić information content (AvgIpc) is 3.04. The summed E-state index contributed by atoms with van der Waals surface area (Å²) in [4.78, 5) is 0. The van der Waals surface area contributed by atoms with E-state index in [4.69, 9.17) is 0 Å². The molecule has 1 saturated heterocycles. The van der Waals surface area contributed by atoms with Crippen LogP contribution in [-0.4, -0.2) is 21.3 Å². The zero-order chi connectivity index (χ0) is 13.2. The molecule has 0 amide bonds. The van der Waals surface area contributed by atoms with E-state index in [0.29, 0.717) is 0 Å². The second-order valence-electron chi connectivity index (χ2n) is 4.67. The predicted octanol–water partition coefficient (Wildman–Crippen LogP) is 2.03. The Kier molecular flexibility index (Phi) is 3.25. The molecule has 4 nitrogen and oxygen atoms in total. The Balaban J connectivity index is 1.89. The topological polar surface area (TPSA) is 42.7 Å². The van der Waals surface area contributed by atoms with Crippen LogP contribution in [0.25, 0.3) is 0 Å². The molecule has 0 aliphatic carbocycles. The molecular weight excluding hydrogens is 250 g/mol. The summed E-state index contributed by atoms with van der Waals surface area (Å²) in [5.41, 5.74) is 0.0431. The highest BCUT2D eigenvalue weighted by Crippen LogP contribution is 2.22. The quantitative estimate of drug-likeness (QED) is 0.922. The smallest absolute Gasteiger partial charge is 0.150 e. The van der Waals surface area contributed by atoms with Crippen LogP contribution in [0, 0.1) is 11.6 Å². The molecule has 1 fully saturated rings. The second-order valence-corrected chi connectivity index (χ2v) is 4.67. The molecule has 0 bridgehead atoms. The van der Waals surface area contributed by atoms with Gasteiger partial charge in [0.15, 0.2) is 0 Å². The number of aromatic nitrogens is 3. The number of nitrogens with zero attached hydrogens (tertiary/aromatic N) is 3. The highest BCUT2D eigenvalue weighted by atomic mass is 19.1. The minimum absolute atomic E-state index is 0.0431. The van der Waals surface area contributed by atoms with Gasteiger partial charge < -0.3 is 9.88 Å². The van der Waals surface area contributed by atoms with Crippen molar-refractivity contribution in [2.75, 3.05) is 6.54 Å². The van der Waals surface area contributed by atoms with Gasteiger partial charge in [0.1, 0.15) is 23.8 Å². The van der Waals surface area contributed by atoms with Crippen LogP contribution >= 0.6 is 0 Å². The summed E-state index contributed by atoms with van der Waals surface area (Å²) in [5.74, 6) is -0.349. The van der Waals surface area contributed by atoms with Gasteiger partial charge in [0.2, 0.25) is 0 Å². The zero-order valence-corrected chi connectivity index (χ0v) is 10.3. The molecule has 19 heavy (non-hydrogen) atoms. The lowest BCUT2D eigenvalue weighted by Gasteiger charge is -2.12. The van der Waals surface area contributed by atoms with Gasteiger partial charge in [0, 0.05) is 5.56 Å². The van der Waals surface area contributed by atoms with Gasteiger partial charge in [-0.2, -0.15) is 0 Å². The van der Waals surface area contributed by atoms with Gasteiger partial charge >= 0.3 is 0 Å². The summed E-state index contributed by atoms with van der Waals surface area (Å²) in [6.45, 7) is 1.05. The molecule has 1 aromatic carbocycles. The summed E-state index contributed by atoms with van der Waals surface area (Å²) in [7, 11) is 0. The fourth-order valence-electron chi connectivity index (χ4n) is 2.41. The van der Waals surface area contributed by atoms with Crippen molar-refractivity contribution in [2.45, 2.75) is 25.4 Å². The van der Waals surface area contributed by atoms with E-state index >= 15 is 0 Å². The minimum Gasteiger partial charge on any atom is -0.312 e. The third-order valence-corrected chi connectivity index (χ3v) is 3.41. The lowest BCUT2D eigenvalue weighted by atomic mass is 10.1. The number of rotatable bonds is 3. The molecule has 1 atom stereocenters. The van der Waals surface area contributed by atoms with Crippen molar-refractivity contribution in [3.63, 3.8) is 0 Å². The first-order valence-corrected chi connectivity index (χ1v) is 6.29. The molecule has 1 aliphatic rings. The first kappa shape index (κ1) is 12.2. The van der Waals surface area contributed by atoms with E-state index < -0.39 is 11.6 Å². The Hall–Kier alpha value is -1.82. The van der Waals surface area contributed by atoms with Crippen LogP contribution < -0.4 is 5.32 Å². The molecule has 2 heterocycles. The Bertz CT molecular complexity index is 556. The summed E-state index contributed by atoms with van der Waals surface area (Å²) in [5, 5.41) is 11.2. The maximum absolute atomic E-state index is 13.6. The van der Waals surface area contributed by atoms with Crippen LogP contribution in [0.5, 0.6) is 0 Å². The highest BCUT2D eigenvalue weighted by molar-refractivity contribution is 5.20. The Morgan fingerprint density at radius 1 is 1.32 bits per heavy atom. The van der Waals surface area contributed by atoms with Gasteiger partial charge in [-0.05, 0) is 31.5 Å². The standard InChI is InChI=1S/C13H14F2N4/c14-10-3-1-4-11(15)9(10)7-19-8-17-18-13(19)12-5-2-6-16-12/h1,3-4,8,12,16H,2,5-7H2. The maximum atomic E-state index is 13.6. The molecule has 1 aliphatic heterocycles. The largest absolute Gasteiger partial charge is 0.312 e. The summed E-state index contributed by atoms with van der Waals surface area (Å²) >= 11 is 0. The SMILES string of the molecule is Fc1cccc(F)c1Cn1cnnc1C1CCCN1. The predicted molar refractivity (Wildman–Crippen MR) is 65.5 cm³/mol. The van der Waals surface area contributed by atoms with E-state index in [2.05, 4.69) is 15.5 Å². The van der Waals surface area contributed by atoms with Crippen molar-refractivity contribution in [1.29, 1.82) is 0 Å². The fourth-order valence-corrected chi connectivity index (χ4v) is 2.41. The summed E-state index contributed by atoms with van der Waals surface area (Å²) in [6, 6.07) is 4.00. The first-order chi connectivity index (χ1) is 9.25. The van der Waals surface area contributed by atoms with Crippen molar-refractivity contribution in [1.82, 2.24) is 20.1 Å². The molecule has 0 spiro atoms. The van der Waals surface area contributed by atoms with Crippen molar-refractivity contribution in [3.8, 4) is 0 Å². The Morgan fingerprint density at radius 3 is 2.79 bits per heavy atom. The van der Waals surface area contributed by atoms with Crippen molar-refractivity contribution in [2.24, 2.45) is 0 Å². The molecule has 1 aromatic heterocycles. The fraction of sp³-hybridized carbons (Fsp3) is 0.385. The zero-order valence-electron chi connectivity index (χ0n) is 10.3. The Morgan fingerprint density at radius 2 is 2.11 bits per heavy atom. The molecule has 100 valence electrons. The van der Waals surface area contributed by atoms with E-state index in [1.807, 2.05) is 0 Å². The number of nitrogens with one attached hydrogen (secondary N) is 1. The van der Waals surface area contributed by atoms with Gasteiger partial charge in [-0.15, -0.1) is 10.2 Å². The van der Waals surface area contributed by atoms with E-state index in [-0.39, 0.29) is 18.2 Å². The van der Waals surface area contributed by atoms with Crippen molar-refractivity contribution >= 4 is 0 Å². The number of halogens is 2.